The zero-order valence-corrected chi connectivity index (χ0v) is 7.42. The van der Waals surface area contributed by atoms with Crippen LogP contribution in [0.1, 0.15) is 13.3 Å². The monoisotopic (exact) mass is 210 g/mol. The van der Waals surface area contributed by atoms with Gasteiger partial charge in [0.25, 0.3) is 0 Å². The molecule has 9 heavy (non-hydrogen) atoms. The first kappa shape index (κ1) is 7.28. The van der Waals surface area contributed by atoms with Crippen LogP contribution in [0.2, 0.25) is 0 Å². The van der Waals surface area contributed by atoms with Gasteiger partial charge in [-0.25, -0.2) is 8.42 Å². The lowest BCUT2D eigenvalue weighted by Gasteiger charge is -1.89. The third-order valence-corrected chi connectivity index (χ3v) is 4.61. The zero-order valence-electron chi connectivity index (χ0n) is 5.02. The maximum Gasteiger partial charge on any atom is 0.175 e. The summed E-state index contributed by atoms with van der Waals surface area (Å²) in [5.41, 5.74) is 0. The third-order valence-electron chi connectivity index (χ3n) is 1.44. The Morgan fingerprint density at radius 1 is 1.56 bits per heavy atom. The summed E-state index contributed by atoms with van der Waals surface area (Å²) in [7, 11) is -2.84. The molecule has 1 rings (SSSR count). The molecule has 0 saturated heterocycles. The van der Waals surface area contributed by atoms with Crippen molar-refractivity contribution in [1.82, 2.24) is 0 Å². The number of hydrogen-bond donors (Lipinski definition) is 0. The molecule has 0 spiro atoms. The van der Waals surface area contributed by atoms with Crippen LogP contribution in [-0.4, -0.2) is 14.2 Å². The number of rotatable bonds is 0. The molecule has 0 fully saturated rings. The maximum absolute atomic E-state index is 10.9. The van der Waals surface area contributed by atoms with Gasteiger partial charge in [-0.15, -0.1) is 0 Å². The van der Waals surface area contributed by atoms with Crippen LogP contribution in [0.5, 0.6) is 0 Å². The highest BCUT2D eigenvalue weighted by molar-refractivity contribution is 9.11. The summed E-state index contributed by atoms with van der Waals surface area (Å²) in [6, 6.07) is 0. The van der Waals surface area contributed by atoms with Gasteiger partial charge in [0.2, 0.25) is 0 Å². The summed E-state index contributed by atoms with van der Waals surface area (Å²) in [5.74, 6) is 0.277. The van der Waals surface area contributed by atoms with Gasteiger partial charge in [0, 0.05) is 4.48 Å². The van der Waals surface area contributed by atoms with Crippen molar-refractivity contribution in [3.05, 3.63) is 9.39 Å². The summed E-state index contributed by atoms with van der Waals surface area (Å²) in [5, 5.41) is 0. The Morgan fingerprint density at radius 2 is 2.11 bits per heavy atom. The molecule has 0 saturated carbocycles. The van der Waals surface area contributed by atoms with Gasteiger partial charge in [-0.05, 0) is 13.3 Å². The first-order valence-corrected chi connectivity index (χ1v) is 5.06. The molecule has 0 unspecified atom stereocenters. The van der Waals surface area contributed by atoms with E-state index in [4.69, 9.17) is 0 Å². The lowest BCUT2D eigenvalue weighted by Crippen LogP contribution is -1.98. The van der Waals surface area contributed by atoms with Crippen LogP contribution in [0, 0.1) is 0 Å². The Labute approximate surface area is 63.0 Å². The minimum Gasteiger partial charge on any atom is -0.224 e. The Hall–Kier alpha value is 0.170. The Morgan fingerprint density at radius 3 is 2.22 bits per heavy atom. The van der Waals surface area contributed by atoms with Crippen LogP contribution >= 0.6 is 15.9 Å². The van der Waals surface area contributed by atoms with Crippen molar-refractivity contribution in [2.75, 3.05) is 5.75 Å². The highest BCUT2D eigenvalue weighted by Crippen LogP contribution is 2.28. The van der Waals surface area contributed by atoms with Crippen LogP contribution in [-0.2, 0) is 9.84 Å². The fraction of sp³-hybridized carbons (Fsp3) is 0.600. The molecule has 4 heteroatoms. The van der Waals surface area contributed by atoms with E-state index in [1.54, 1.807) is 6.92 Å². The lowest BCUT2D eigenvalue weighted by molar-refractivity contribution is 0.604. The van der Waals surface area contributed by atoms with E-state index in [0.717, 1.165) is 4.48 Å². The van der Waals surface area contributed by atoms with Gasteiger partial charge >= 0.3 is 0 Å². The fourth-order valence-corrected chi connectivity index (χ4v) is 3.14. The van der Waals surface area contributed by atoms with E-state index < -0.39 is 9.84 Å². The van der Waals surface area contributed by atoms with Gasteiger partial charge in [0.05, 0.1) is 10.7 Å². The van der Waals surface area contributed by atoms with Crippen LogP contribution in [0.3, 0.4) is 0 Å². The highest BCUT2D eigenvalue weighted by Gasteiger charge is 2.23. The molecule has 0 aromatic heterocycles. The smallest absolute Gasteiger partial charge is 0.175 e. The largest absolute Gasteiger partial charge is 0.224 e. The molecule has 0 aliphatic carbocycles. The van der Waals surface area contributed by atoms with E-state index in [1.165, 1.54) is 0 Å². The van der Waals surface area contributed by atoms with Crippen molar-refractivity contribution >= 4 is 25.8 Å². The SMILES string of the molecule is CC1=C(Br)CCS1(=O)=O. The number of sulfone groups is 1. The summed E-state index contributed by atoms with van der Waals surface area (Å²) in [6.45, 7) is 1.63. The molecule has 0 radical (unpaired) electrons. The standard InChI is InChI=1S/C5H7BrO2S/c1-4-5(6)2-3-9(4,7)8/h2-3H2,1H3. The molecule has 1 aliphatic rings. The van der Waals surface area contributed by atoms with Gasteiger partial charge < -0.3 is 0 Å². The molecule has 52 valence electrons. The molecular weight excluding hydrogens is 204 g/mol. The summed E-state index contributed by atoms with van der Waals surface area (Å²) in [6.07, 6.45) is 0.647. The second kappa shape index (κ2) is 2.09. The zero-order chi connectivity index (χ0) is 7.07. The van der Waals surface area contributed by atoms with E-state index in [9.17, 15) is 8.42 Å². The molecule has 1 heterocycles. The van der Waals surface area contributed by atoms with E-state index >= 15 is 0 Å². The van der Waals surface area contributed by atoms with Gasteiger partial charge in [0.1, 0.15) is 0 Å². The molecule has 0 amide bonds. The molecule has 0 aromatic carbocycles. The molecule has 0 atom stereocenters. The molecule has 2 nitrogen and oxygen atoms in total. The lowest BCUT2D eigenvalue weighted by atomic mass is 10.4. The number of allylic oxidation sites excluding steroid dienone is 2. The third kappa shape index (κ3) is 1.19. The topological polar surface area (TPSA) is 34.1 Å². The average Bonchev–Trinajstić information content (AvgIpc) is 1.97. The molecule has 0 N–H and O–H groups in total. The average molecular weight is 211 g/mol. The van der Waals surface area contributed by atoms with Crippen molar-refractivity contribution < 1.29 is 8.42 Å². The van der Waals surface area contributed by atoms with Crippen LogP contribution in [0.25, 0.3) is 0 Å². The van der Waals surface area contributed by atoms with Crippen molar-refractivity contribution in [2.24, 2.45) is 0 Å². The van der Waals surface area contributed by atoms with Crippen molar-refractivity contribution in [2.45, 2.75) is 13.3 Å². The van der Waals surface area contributed by atoms with E-state index in [-0.39, 0.29) is 5.75 Å². The summed E-state index contributed by atoms with van der Waals surface area (Å²) < 4.78 is 22.6. The Balaban J connectivity index is 3.17. The normalized spacial score (nSPS) is 25.1. The molecule has 1 aliphatic heterocycles. The first-order chi connectivity index (χ1) is 4.04. The van der Waals surface area contributed by atoms with E-state index in [0.29, 0.717) is 11.3 Å². The van der Waals surface area contributed by atoms with E-state index in [1.807, 2.05) is 0 Å². The number of halogens is 1. The second-order valence-electron chi connectivity index (χ2n) is 2.03. The Bertz CT molecular complexity index is 250. The molecule has 0 bridgehead atoms. The fourth-order valence-electron chi connectivity index (χ4n) is 0.722. The summed E-state index contributed by atoms with van der Waals surface area (Å²) in [4.78, 5) is 0.502. The quantitative estimate of drug-likeness (QED) is 0.607. The minimum absolute atomic E-state index is 0.277. The highest BCUT2D eigenvalue weighted by atomic mass is 79.9. The van der Waals surface area contributed by atoms with Gasteiger partial charge in [-0.2, -0.15) is 0 Å². The van der Waals surface area contributed by atoms with Crippen LogP contribution < -0.4 is 0 Å². The molecular formula is C5H7BrO2S. The molecule has 0 aromatic rings. The van der Waals surface area contributed by atoms with Crippen molar-refractivity contribution in [3.63, 3.8) is 0 Å². The van der Waals surface area contributed by atoms with Crippen LogP contribution in [0.15, 0.2) is 9.39 Å². The van der Waals surface area contributed by atoms with Crippen molar-refractivity contribution in [1.29, 1.82) is 0 Å². The second-order valence-corrected chi connectivity index (χ2v) is 5.24. The van der Waals surface area contributed by atoms with E-state index in [2.05, 4.69) is 15.9 Å². The van der Waals surface area contributed by atoms with Gasteiger partial charge in [0.15, 0.2) is 9.84 Å². The Kier molecular flexibility index (Phi) is 1.69. The minimum atomic E-state index is -2.84. The van der Waals surface area contributed by atoms with Gasteiger partial charge in [-0.3, -0.25) is 0 Å². The van der Waals surface area contributed by atoms with Gasteiger partial charge in [-0.1, -0.05) is 15.9 Å². The predicted octanol–water partition coefficient (Wildman–Crippen LogP) is 1.43. The maximum atomic E-state index is 10.9. The van der Waals surface area contributed by atoms with Crippen LogP contribution in [0.4, 0.5) is 0 Å². The predicted molar refractivity (Wildman–Crippen MR) is 40.0 cm³/mol. The van der Waals surface area contributed by atoms with Crippen molar-refractivity contribution in [3.8, 4) is 0 Å². The first-order valence-electron chi connectivity index (χ1n) is 2.62. The summed E-state index contributed by atoms with van der Waals surface area (Å²) >= 11 is 3.18. The number of hydrogen-bond acceptors (Lipinski definition) is 2.